The molecule has 0 radical (unpaired) electrons. The first-order valence-corrected chi connectivity index (χ1v) is 6.64. The second-order valence-corrected chi connectivity index (χ2v) is 4.91. The van der Waals surface area contributed by atoms with Crippen LogP contribution in [0.4, 0.5) is 0 Å². The Labute approximate surface area is 119 Å². The Bertz CT molecular complexity index is 453. The Kier molecular flexibility index (Phi) is 6.03. The van der Waals surface area contributed by atoms with Crippen LogP contribution in [0.3, 0.4) is 0 Å². The van der Waals surface area contributed by atoms with Crippen LogP contribution in [0.15, 0.2) is 24.3 Å². The van der Waals surface area contributed by atoms with Crippen molar-refractivity contribution in [2.75, 3.05) is 13.6 Å². The minimum Gasteiger partial charge on any atom is -0.491 e. The van der Waals surface area contributed by atoms with Gasteiger partial charge in [-0.3, -0.25) is 9.59 Å². The third-order valence-corrected chi connectivity index (χ3v) is 2.70. The van der Waals surface area contributed by atoms with Gasteiger partial charge in [-0.1, -0.05) is 0 Å². The number of amides is 1. The van der Waals surface area contributed by atoms with Crippen LogP contribution < -0.4 is 4.74 Å². The summed E-state index contributed by atoms with van der Waals surface area (Å²) >= 11 is 0. The molecule has 0 heterocycles. The predicted molar refractivity (Wildman–Crippen MR) is 76.0 cm³/mol. The van der Waals surface area contributed by atoms with Gasteiger partial charge in [0.1, 0.15) is 5.75 Å². The second-order valence-electron chi connectivity index (χ2n) is 4.91. The number of carboxylic acids is 1. The second kappa shape index (κ2) is 7.53. The fourth-order valence-electron chi connectivity index (χ4n) is 1.74. The number of aliphatic carboxylic acids is 1. The molecule has 0 fully saturated rings. The first-order chi connectivity index (χ1) is 9.40. The number of ether oxygens (including phenoxy) is 1. The van der Waals surface area contributed by atoms with E-state index in [0.717, 1.165) is 5.75 Å². The van der Waals surface area contributed by atoms with Gasteiger partial charge in [-0.2, -0.15) is 0 Å². The summed E-state index contributed by atoms with van der Waals surface area (Å²) in [6.45, 7) is 4.31. The Morgan fingerprint density at radius 1 is 1.25 bits per heavy atom. The van der Waals surface area contributed by atoms with Gasteiger partial charge in [0.25, 0.3) is 5.91 Å². The molecule has 1 amide bonds. The molecule has 5 heteroatoms. The molecular formula is C15H21NO4. The van der Waals surface area contributed by atoms with Gasteiger partial charge in [-0.05, 0) is 44.5 Å². The fourth-order valence-corrected chi connectivity index (χ4v) is 1.74. The van der Waals surface area contributed by atoms with Crippen molar-refractivity contribution in [2.45, 2.75) is 32.8 Å². The van der Waals surface area contributed by atoms with Gasteiger partial charge in [-0.25, -0.2) is 0 Å². The number of nitrogens with zero attached hydrogens (tertiary/aromatic N) is 1. The van der Waals surface area contributed by atoms with E-state index < -0.39 is 5.97 Å². The van der Waals surface area contributed by atoms with E-state index in [1.165, 1.54) is 4.90 Å². The van der Waals surface area contributed by atoms with Crippen molar-refractivity contribution < 1.29 is 19.4 Å². The van der Waals surface area contributed by atoms with Gasteiger partial charge < -0.3 is 14.7 Å². The monoisotopic (exact) mass is 279 g/mol. The lowest BCUT2D eigenvalue weighted by Crippen LogP contribution is -2.28. The molecule has 0 saturated heterocycles. The molecule has 0 aliphatic carbocycles. The highest BCUT2D eigenvalue weighted by atomic mass is 16.5. The summed E-state index contributed by atoms with van der Waals surface area (Å²) in [4.78, 5) is 24.0. The van der Waals surface area contributed by atoms with Crippen LogP contribution >= 0.6 is 0 Å². The molecule has 0 saturated carbocycles. The number of rotatable bonds is 7. The lowest BCUT2D eigenvalue weighted by atomic mass is 10.2. The topological polar surface area (TPSA) is 66.8 Å². The van der Waals surface area contributed by atoms with E-state index in [4.69, 9.17) is 9.84 Å². The van der Waals surface area contributed by atoms with Crippen LogP contribution in [0.25, 0.3) is 0 Å². The maximum absolute atomic E-state index is 12.1. The standard InChI is InChI=1S/C15H21NO4/c1-11(2)20-13-8-6-12(7-9-13)15(19)16(3)10-4-5-14(17)18/h6-9,11H,4-5,10H2,1-3H3,(H,17,18). The first-order valence-electron chi connectivity index (χ1n) is 6.64. The zero-order valence-electron chi connectivity index (χ0n) is 12.1. The number of carbonyl (C=O) groups excluding carboxylic acids is 1. The Morgan fingerprint density at radius 2 is 1.85 bits per heavy atom. The third-order valence-electron chi connectivity index (χ3n) is 2.70. The molecule has 1 N–H and O–H groups in total. The molecule has 0 aliphatic rings. The van der Waals surface area contributed by atoms with Crippen molar-refractivity contribution in [3.63, 3.8) is 0 Å². The van der Waals surface area contributed by atoms with Crippen LogP contribution in [0, 0.1) is 0 Å². The van der Waals surface area contributed by atoms with Crippen molar-refractivity contribution in [1.82, 2.24) is 4.90 Å². The maximum atomic E-state index is 12.1. The summed E-state index contributed by atoms with van der Waals surface area (Å²) in [5.41, 5.74) is 0.568. The molecule has 0 atom stereocenters. The Balaban J connectivity index is 2.56. The van der Waals surface area contributed by atoms with E-state index in [1.807, 2.05) is 13.8 Å². The van der Waals surface area contributed by atoms with Crippen LogP contribution in [0.1, 0.15) is 37.0 Å². The van der Waals surface area contributed by atoms with Gasteiger partial charge in [0.05, 0.1) is 6.10 Å². The smallest absolute Gasteiger partial charge is 0.303 e. The van der Waals surface area contributed by atoms with Crippen LogP contribution in [0.2, 0.25) is 0 Å². The van der Waals surface area contributed by atoms with E-state index in [1.54, 1.807) is 31.3 Å². The lowest BCUT2D eigenvalue weighted by Gasteiger charge is -2.17. The molecule has 20 heavy (non-hydrogen) atoms. The zero-order valence-corrected chi connectivity index (χ0v) is 12.1. The van der Waals surface area contributed by atoms with Gasteiger partial charge in [0.15, 0.2) is 0 Å². The molecule has 0 aromatic heterocycles. The molecule has 1 rings (SSSR count). The Hall–Kier alpha value is -2.04. The highest BCUT2D eigenvalue weighted by Crippen LogP contribution is 2.15. The lowest BCUT2D eigenvalue weighted by molar-refractivity contribution is -0.137. The average molecular weight is 279 g/mol. The molecule has 0 spiro atoms. The summed E-state index contributed by atoms with van der Waals surface area (Å²) in [5.74, 6) is -0.238. The molecule has 5 nitrogen and oxygen atoms in total. The van der Waals surface area contributed by atoms with Gasteiger partial charge >= 0.3 is 5.97 Å². The molecule has 1 aromatic rings. The highest BCUT2D eigenvalue weighted by Gasteiger charge is 2.12. The fraction of sp³-hybridized carbons (Fsp3) is 0.467. The number of benzene rings is 1. The van der Waals surface area contributed by atoms with E-state index in [-0.39, 0.29) is 18.4 Å². The minimum atomic E-state index is -0.846. The van der Waals surface area contributed by atoms with E-state index >= 15 is 0 Å². The van der Waals surface area contributed by atoms with Crippen molar-refractivity contribution in [1.29, 1.82) is 0 Å². The normalized spacial score (nSPS) is 10.4. The molecule has 0 aliphatic heterocycles. The SMILES string of the molecule is CC(C)Oc1ccc(C(=O)N(C)CCCC(=O)O)cc1. The summed E-state index contributed by atoms with van der Waals surface area (Å²) < 4.78 is 5.51. The summed E-state index contributed by atoms with van der Waals surface area (Å²) in [6.07, 6.45) is 0.612. The molecule has 1 aromatic carbocycles. The van der Waals surface area contributed by atoms with Gasteiger partial charge in [0, 0.05) is 25.6 Å². The van der Waals surface area contributed by atoms with E-state index in [2.05, 4.69) is 0 Å². The van der Waals surface area contributed by atoms with Crippen LogP contribution in [-0.2, 0) is 4.79 Å². The zero-order chi connectivity index (χ0) is 15.1. The quantitative estimate of drug-likeness (QED) is 0.832. The average Bonchev–Trinajstić information content (AvgIpc) is 2.37. The Morgan fingerprint density at radius 3 is 2.35 bits per heavy atom. The van der Waals surface area contributed by atoms with Crippen molar-refractivity contribution >= 4 is 11.9 Å². The molecule has 0 bridgehead atoms. The highest BCUT2D eigenvalue weighted by molar-refractivity contribution is 5.94. The predicted octanol–water partition coefficient (Wildman–Crippen LogP) is 2.41. The molecule has 110 valence electrons. The van der Waals surface area contributed by atoms with Crippen LogP contribution in [0.5, 0.6) is 5.75 Å². The van der Waals surface area contributed by atoms with Crippen molar-refractivity contribution in [3.8, 4) is 5.75 Å². The maximum Gasteiger partial charge on any atom is 0.303 e. The number of hydrogen-bond acceptors (Lipinski definition) is 3. The molecule has 0 unspecified atom stereocenters. The van der Waals surface area contributed by atoms with Crippen molar-refractivity contribution in [3.05, 3.63) is 29.8 Å². The van der Waals surface area contributed by atoms with E-state index in [0.29, 0.717) is 18.5 Å². The summed E-state index contributed by atoms with van der Waals surface area (Å²) in [6, 6.07) is 6.96. The number of carbonyl (C=O) groups is 2. The van der Waals surface area contributed by atoms with Crippen molar-refractivity contribution in [2.24, 2.45) is 0 Å². The first kappa shape index (κ1) is 16.0. The van der Waals surface area contributed by atoms with Gasteiger partial charge in [-0.15, -0.1) is 0 Å². The van der Waals surface area contributed by atoms with Crippen LogP contribution in [-0.4, -0.2) is 41.6 Å². The molecular weight excluding hydrogens is 258 g/mol. The number of hydrogen-bond donors (Lipinski definition) is 1. The van der Waals surface area contributed by atoms with E-state index in [9.17, 15) is 9.59 Å². The summed E-state index contributed by atoms with van der Waals surface area (Å²) in [5, 5.41) is 8.57. The minimum absolute atomic E-state index is 0.0682. The van der Waals surface area contributed by atoms with Gasteiger partial charge in [0.2, 0.25) is 0 Å². The largest absolute Gasteiger partial charge is 0.491 e. The third kappa shape index (κ3) is 5.30. The number of carboxylic acid groups (broad SMARTS) is 1. The summed E-state index contributed by atoms with van der Waals surface area (Å²) in [7, 11) is 1.67.